The summed E-state index contributed by atoms with van der Waals surface area (Å²) in [6.07, 6.45) is 0. The van der Waals surface area contributed by atoms with Crippen molar-refractivity contribution in [1.82, 2.24) is 9.97 Å². The molecule has 1 aromatic heterocycles. The molecule has 1 heterocycles. The number of anilines is 2. The monoisotopic (exact) mass is 489 g/mol. The molecule has 32 heavy (non-hydrogen) atoms. The molecule has 0 spiro atoms. The average Bonchev–Trinajstić information content (AvgIpc) is 3.18. The van der Waals surface area contributed by atoms with Crippen LogP contribution in [0.3, 0.4) is 0 Å². The minimum absolute atomic E-state index is 0.112. The summed E-state index contributed by atoms with van der Waals surface area (Å²) in [7, 11) is -2.67. The minimum Gasteiger partial charge on any atom is -0.465 e. The highest BCUT2D eigenvalue weighted by Crippen LogP contribution is 2.33. The number of esters is 1. The number of fused-ring (bicyclic) bond motifs is 1. The van der Waals surface area contributed by atoms with E-state index in [0.29, 0.717) is 26.8 Å². The largest absolute Gasteiger partial charge is 0.465 e. The second-order valence-corrected chi connectivity index (χ2v) is 9.62. The summed E-state index contributed by atoms with van der Waals surface area (Å²) in [4.78, 5) is 19.8. The van der Waals surface area contributed by atoms with Gasteiger partial charge in [0, 0.05) is 0 Å². The lowest BCUT2D eigenvalue weighted by Crippen LogP contribution is -2.13. The lowest BCUT2D eigenvalue weighted by molar-refractivity contribution is 0.0598. The maximum absolute atomic E-state index is 13.2. The number of nitrogens with one attached hydrogen (secondary N) is 2. The molecule has 0 fully saturated rings. The van der Waals surface area contributed by atoms with Crippen LogP contribution in [0.2, 0.25) is 10.0 Å². The molecule has 7 nitrogen and oxygen atoms in total. The van der Waals surface area contributed by atoms with Crippen molar-refractivity contribution in [1.29, 1.82) is 0 Å². The minimum atomic E-state index is -3.86. The third-order valence-electron chi connectivity index (χ3n) is 4.75. The predicted octanol–water partition coefficient (Wildman–Crippen LogP) is 5.37. The van der Waals surface area contributed by atoms with Gasteiger partial charge in [-0.1, -0.05) is 59.6 Å². The molecule has 4 aromatic rings. The molecular weight excluding hydrogens is 473 g/mol. The smallest absolute Gasteiger partial charge is 0.341 e. The van der Waals surface area contributed by atoms with Crippen LogP contribution in [0.1, 0.15) is 15.9 Å². The zero-order valence-electron chi connectivity index (χ0n) is 16.7. The third-order valence-corrected chi connectivity index (χ3v) is 7.29. The third kappa shape index (κ3) is 4.29. The van der Waals surface area contributed by atoms with E-state index in [2.05, 4.69) is 15.3 Å². The number of benzene rings is 3. The Morgan fingerprint density at radius 3 is 2.53 bits per heavy atom. The summed E-state index contributed by atoms with van der Waals surface area (Å²) in [5.74, 6) is -0.800. The van der Waals surface area contributed by atoms with Gasteiger partial charge in [-0.15, -0.1) is 0 Å². The Bertz CT molecular complexity index is 1420. The highest BCUT2D eigenvalue weighted by atomic mass is 35.5. The quantitative estimate of drug-likeness (QED) is 0.352. The fraction of sp³-hybridized carbons (Fsp3) is 0.0909. The van der Waals surface area contributed by atoms with Gasteiger partial charge in [-0.3, -0.25) is 0 Å². The van der Waals surface area contributed by atoms with Gasteiger partial charge in [0.05, 0.1) is 44.5 Å². The number of hydrogen-bond acceptors (Lipinski definition) is 6. The average molecular weight is 490 g/mol. The van der Waals surface area contributed by atoms with Gasteiger partial charge >= 0.3 is 5.97 Å². The molecule has 0 aliphatic heterocycles. The Hall–Kier alpha value is -3.07. The number of methoxy groups -OCH3 is 1. The van der Waals surface area contributed by atoms with Gasteiger partial charge in [-0.2, -0.15) is 0 Å². The number of aromatic nitrogens is 2. The second kappa shape index (κ2) is 8.82. The molecule has 0 saturated heterocycles. The molecule has 0 saturated carbocycles. The Labute approximate surface area is 194 Å². The zero-order valence-corrected chi connectivity index (χ0v) is 19.1. The highest BCUT2D eigenvalue weighted by molar-refractivity contribution is 7.90. The Morgan fingerprint density at radius 1 is 1.06 bits per heavy atom. The number of ether oxygens (including phenoxy) is 1. The lowest BCUT2D eigenvalue weighted by atomic mass is 10.2. The number of carbonyl (C=O) groups is 1. The first-order valence-electron chi connectivity index (χ1n) is 9.39. The van der Waals surface area contributed by atoms with Crippen molar-refractivity contribution in [2.24, 2.45) is 0 Å². The highest BCUT2D eigenvalue weighted by Gasteiger charge is 2.27. The first kappa shape index (κ1) is 22.1. The first-order chi connectivity index (χ1) is 15.3. The zero-order chi connectivity index (χ0) is 22.9. The molecule has 0 atom stereocenters. The summed E-state index contributed by atoms with van der Waals surface area (Å²) in [6, 6.07) is 16.7. The van der Waals surface area contributed by atoms with Gasteiger partial charge in [0.1, 0.15) is 5.56 Å². The summed E-state index contributed by atoms with van der Waals surface area (Å²) in [5.41, 5.74) is 1.59. The Kier molecular flexibility index (Phi) is 6.10. The molecule has 2 N–H and O–H groups in total. The van der Waals surface area contributed by atoms with Crippen molar-refractivity contribution in [2.75, 3.05) is 12.4 Å². The van der Waals surface area contributed by atoms with E-state index in [1.807, 2.05) is 0 Å². The van der Waals surface area contributed by atoms with Crippen molar-refractivity contribution < 1.29 is 17.9 Å². The molecular formula is C22H17Cl2N3O4S. The lowest BCUT2D eigenvalue weighted by Gasteiger charge is -2.10. The maximum Gasteiger partial charge on any atom is 0.341 e. The number of H-pyrrole nitrogens is 1. The van der Waals surface area contributed by atoms with Gasteiger partial charge in [0.25, 0.3) is 0 Å². The van der Waals surface area contributed by atoms with E-state index in [0.717, 1.165) is 0 Å². The van der Waals surface area contributed by atoms with E-state index in [4.69, 9.17) is 27.9 Å². The second-order valence-electron chi connectivity index (χ2n) is 6.88. The van der Waals surface area contributed by atoms with E-state index in [9.17, 15) is 13.2 Å². The van der Waals surface area contributed by atoms with Crippen molar-refractivity contribution in [3.8, 4) is 0 Å². The number of imidazole rings is 1. The van der Waals surface area contributed by atoms with Crippen LogP contribution in [-0.4, -0.2) is 31.5 Å². The summed E-state index contributed by atoms with van der Waals surface area (Å²) >= 11 is 12.3. The van der Waals surface area contributed by atoms with Crippen LogP contribution >= 0.6 is 23.2 Å². The van der Waals surface area contributed by atoms with E-state index in [1.165, 1.54) is 19.2 Å². The number of sulfone groups is 1. The van der Waals surface area contributed by atoms with Gasteiger partial charge in [0.2, 0.25) is 5.95 Å². The molecule has 164 valence electrons. The van der Waals surface area contributed by atoms with Crippen molar-refractivity contribution >= 4 is 61.7 Å². The van der Waals surface area contributed by atoms with E-state index in [-0.39, 0.29) is 27.7 Å². The van der Waals surface area contributed by atoms with Crippen LogP contribution in [0.25, 0.3) is 11.0 Å². The number of hydrogen-bond donors (Lipinski definition) is 2. The van der Waals surface area contributed by atoms with Crippen molar-refractivity contribution in [2.45, 2.75) is 10.6 Å². The molecule has 3 aromatic carbocycles. The van der Waals surface area contributed by atoms with Crippen LogP contribution in [0.5, 0.6) is 0 Å². The fourth-order valence-electron chi connectivity index (χ4n) is 3.28. The molecule has 0 aliphatic carbocycles. The van der Waals surface area contributed by atoms with Crippen molar-refractivity contribution in [3.63, 3.8) is 0 Å². The molecule has 0 radical (unpaired) electrons. The van der Waals surface area contributed by atoms with Crippen LogP contribution in [-0.2, 0) is 20.3 Å². The number of rotatable bonds is 6. The Balaban J connectivity index is 1.81. The predicted molar refractivity (Wildman–Crippen MR) is 125 cm³/mol. The summed E-state index contributed by atoms with van der Waals surface area (Å²) in [5, 5.41) is 3.66. The van der Waals surface area contributed by atoms with Gasteiger partial charge in [-0.25, -0.2) is 18.2 Å². The first-order valence-corrected chi connectivity index (χ1v) is 11.8. The van der Waals surface area contributed by atoms with Crippen LogP contribution < -0.4 is 5.32 Å². The van der Waals surface area contributed by atoms with Gasteiger partial charge < -0.3 is 15.0 Å². The number of carbonyl (C=O) groups excluding carboxylic acids is 1. The molecule has 0 bridgehead atoms. The van der Waals surface area contributed by atoms with E-state index in [1.54, 1.807) is 48.5 Å². The van der Waals surface area contributed by atoms with Crippen LogP contribution in [0, 0.1) is 0 Å². The molecule has 4 rings (SSSR count). The maximum atomic E-state index is 13.2. The SMILES string of the molecule is COC(=O)c1c(S(=O)(=O)Cc2ccccc2)ccc2nc(Nc3cccc(Cl)c3Cl)[nH]c12. The summed E-state index contributed by atoms with van der Waals surface area (Å²) in [6.45, 7) is 0. The van der Waals surface area contributed by atoms with E-state index >= 15 is 0 Å². The summed E-state index contributed by atoms with van der Waals surface area (Å²) < 4.78 is 31.2. The molecule has 10 heteroatoms. The Morgan fingerprint density at radius 2 is 1.81 bits per heavy atom. The molecule has 0 aliphatic rings. The number of aromatic amines is 1. The number of halogens is 2. The van der Waals surface area contributed by atoms with Crippen LogP contribution in [0.15, 0.2) is 65.6 Å². The van der Waals surface area contributed by atoms with Gasteiger partial charge in [-0.05, 0) is 29.8 Å². The molecule has 0 amide bonds. The van der Waals surface area contributed by atoms with Crippen LogP contribution in [0.4, 0.5) is 11.6 Å². The van der Waals surface area contributed by atoms with Gasteiger partial charge in [0.15, 0.2) is 9.84 Å². The van der Waals surface area contributed by atoms with Crippen molar-refractivity contribution in [3.05, 3.63) is 81.8 Å². The van der Waals surface area contributed by atoms with E-state index < -0.39 is 15.8 Å². The topological polar surface area (TPSA) is 101 Å². The normalized spacial score (nSPS) is 11.5. The molecule has 0 unspecified atom stereocenters. The standard InChI is InChI=1S/C22H17Cl2N3O4S/c1-31-21(28)18-17(32(29,30)12-13-6-3-2-4-7-13)11-10-16-20(18)27-22(26-16)25-15-9-5-8-14(23)19(15)24/h2-11H,12H2,1H3,(H2,25,26,27). The number of nitrogens with zero attached hydrogens (tertiary/aromatic N) is 1. The fourth-order valence-corrected chi connectivity index (χ4v) is 5.19.